The fourth-order valence-electron chi connectivity index (χ4n) is 5.03. The van der Waals surface area contributed by atoms with Gasteiger partial charge in [-0.3, -0.25) is 14.4 Å². The summed E-state index contributed by atoms with van der Waals surface area (Å²) in [7, 11) is 0. The van der Waals surface area contributed by atoms with E-state index in [2.05, 4.69) is 5.32 Å². The monoisotopic (exact) mass is 367 g/mol. The van der Waals surface area contributed by atoms with Crippen LogP contribution in [0, 0.1) is 0 Å². The largest absolute Gasteiger partial charge is 0.347 e. The second-order valence-corrected chi connectivity index (χ2v) is 7.59. The summed E-state index contributed by atoms with van der Waals surface area (Å²) in [5.74, 6) is -0.305. The number of carbonyl (C=O) groups is 3. The number of fused-ring (bicyclic) bond motifs is 1. The average Bonchev–Trinajstić information content (AvgIpc) is 2.95. The molecule has 1 aliphatic carbocycles. The minimum absolute atomic E-state index is 0.0577. The topological polar surface area (TPSA) is 69.7 Å². The van der Waals surface area contributed by atoms with E-state index in [-0.39, 0.29) is 29.8 Å². The Balaban J connectivity index is 1.97. The van der Waals surface area contributed by atoms with Crippen molar-refractivity contribution in [2.24, 2.45) is 0 Å². The maximum Gasteiger partial charge on any atom is 0.251 e. The molecule has 3 atom stereocenters. The van der Waals surface area contributed by atoms with Gasteiger partial charge in [0.2, 0.25) is 11.8 Å². The minimum atomic E-state index is -0.462. The van der Waals surface area contributed by atoms with Crippen molar-refractivity contribution < 1.29 is 14.4 Å². The lowest BCUT2D eigenvalue weighted by molar-refractivity contribution is -0.139. The summed E-state index contributed by atoms with van der Waals surface area (Å²) in [6, 6.07) is 9.06. The van der Waals surface area contributed by atoms with Crippen molar-refractivity contribution in [1.82, 2.24) is 15.1 Å². The highest BCUT2D eigenvalue weighted by atomic mass is 16.2. The SMILES string of the molecule is CC(=O)N1C2=C(C(=O)NC2)C(c2ccccc2)N(C(C)=O)C2CCCCC21. The summed E-state index contributed by atoms with van der Waals surface area (Å²) >= 11 is 0. The molecule has 1 N–H and O–H groups in total. The first-order valence-corrected chi connectivity index (χ1v) is 9.65. The van der Waals surface area contributed by atoms with Gasteiger partial charge in [-0.15, -0.1) is 0 Å². The van der Waals surface area contributed by atoms with Gasteiger partial charge >= 0.3 is 0 Å². The number of benzene rings is 1. The molecule has 3 unspecified atom stereocenters. The maximum absolute atomic E-state index is 12.8. The van der Waals surface area contributed by atoms with E-state index >= 15 is 0 Å². The molecule has 0 saturated heterocycles. The summed E-state index contributed by atoms with van der Waals surface area (Å²) in [5, 5.41) is 2.88. The molecule has 3 aliphatic rings. The van der Waals surface area contributed by atoms with Crippen LogP contribution in [0.25, 0.3) is 0 Å². The molecule has 0 spiro atoms. The molecule has 2 heterocycles. The van der Waals surface area contributed by atoms with E-state index in [0.29, 0.717) is 12.1 Å². The van der Waals surface area contributed by atoms with E-state index in [9.17, 15) is 14.4 Å². The zero-order valence-corrected chi connectivity index (χ0v) is 15.8. The molecule has 142 valence electrons. The Morgan fingerprint density at radius 3 is 2.30 bits per heavy atom. The second-order valence-electron chi connectivity index (χ2n) is 7.59. The Morgan fingerprint density at radius 1 is 1.00 bits per heavy atom. The molecule has 2 aliphatic heterocycles. The fraction of sp³-hybridized carbons (Fsp3) is 0.476. The number of hydrogen-bond donors (Lipinski definition) is 1. The van der Waals surface area contributed by atoms with Crippen LogP contribution in [0.4, 0.5) is 0 Å². The number of nitrogens with one attached hydrogen (secondary N) is 1. The Morgan fingerprint density at radius 2 is 1.67 bits per heavy atom. The second kappa shape index (κ2) is 6.83. The normalized spacial score (nSPS) is 27.6. The van der Waals surface area contributed by atoms with E-state index in [0.717, 1.165) is 36.9 Å². The first kappa shape index (κ1) is 17.8. The molecular weight excluding hydrogens is 342 g/mol. The predicted molar refractivity (Wildman–Crippen MR) is 100 cm³/mol. The van der Waals surface area contributed by atoms with Crippen molar-refractivity contribution in [2.45, 2.75) is 57.7 Å². The molecule has 1 saturated carbocycles. The number of nitrogens with zero attached hydrogens (tertiary/aromatic N) is 2. The standard InChI is InChI=1S/C21H25N3O3/c1-13(25)23-16-10-6-7-11-17(16)24(14(2)26)20(15-8-4-3-5-9-15)19-18(23)12-22-21(19)27/h3-5,8-9,16-17,20H,6-7,10-12H2,1-2H3,(H,22,27). The molecule has 6 nitrogen and oxygen atoms in total. The first-order valence-electron chi connectivity index (χ1n) is 9.65. The summed E-state index contributed by atoms with van der Waals surface area (Å²) in [6.07, 6.45) is 3.74. The van der Waals surface area contributed by atoms with Crippen molar-refractivity contribution in [3.63, 3.8) is 0 Å². The van der Waals surface area contributed by atoms with Crippen LogP contribution < -0.4 is 5.32 Å². The van der Waals surface area contributed by atoms with E-state index in [1.807, 2.05) is 35.2 Å². The van der Waals surface area contributed by atoms with Gasteiger partial charge in [0.25, 0.3) is 5.91 Å². The Kier molecular flexibility index (Phi) is 4.50. The van der Waals surface area contributed by atoms with Crippen LogP contribution in [0.3, 0.4) is 0 Å². The van der Waals surface area contributed by atoms with E-state index in [1.165, 1.54) is 0 Å². The lowest BCUT2D eigenvalue weighted by atomic mass is 9.86. The van der Waals surface area contributed by atoms with Crippen LogP contribution in [0.2, 0.25) is 0 Å². The van der Waals surface area contributed by atoms with Crippen LogP contribution in [0.1, 0.15) is 51.1 Å². The number of hydrogen-bond acceptors (Lipinski definition) is 3. The maximum atomic E-state index is 12.8. The predicted octanol–water partition coefficient (Wildman–Crippen LogP) is 2.13. The van der Waals surface area contributed by atoms with E-state index in [1.54, 1.807) is 18.7 Å². The van der Waals surface area contributed by atoms with Gasteiger partial charge < -0.3 is 15.1 Å². The molecule has 0 bridgehead atoms. The Hall–Kier alpha value is -2.63. The summed E-state index contributed by atoms with van der Waals surface area (Å²) in [6.45, 7) is 3.46. The molecule has 6 heteroatoms. The summed E-state index contributed by atoms with van der Waals surface area (Å²) in [4.78, 5) is 42.0. The van der Waals surface area contributed by atoms with Crippen LogP contribution in [0.5, 0.6) is 0 Å². The van der Waals surface area contributed by atoms with E-state index in [4.69, 9.17) is 0 Å². The zero-order chi connectivity index (χ0) is 19.1. The van der Waals surface area contributed by atoms with Crippen molar-refractivity contribution in [3.05, 3.63) is 47.2 Å². The minimum Gasteiger partial charge on any atom is -0.347 e. The fourth-order valence-corrected chi connectivity index (χ4v) is 5.03. The summed E-state index contributed by atoms with van der Waals surface area (Å²) in [5.41, 5.74) is 2.19. The number of amides is 3. The smallest absolute Gasteiger partial charge is 0.251 e. The van der Waals surface area contributed by atoms with Gasteiger partial charge in [-0.1, -0.05) is 43.2 Å². The van der Waals surface area contributed by atoms with Crippen molar-refractivity contribution >= 4 is 17.7 Å². The first-order chi connectivity index (χ1) is 13.0. The molecule has 3 amide bonds. The highest BCUT2D eigenvalue weighted by Gasteiger charge is 2.49. The molecule has 1 aromatic rings. The van der Waals surface area contributed by atoms with Crippen molar-refractivity contribution in [3.8, 4) is 0 Å². The third kappa shape index (κ3) is 2.83. The number of carbonyl (C=O) groups excluding carboxylic acids is 3. The quantitative estimate of drug-likeness (QED) is 0.827. The molecular formula is C21H25N3O3. The average molecular weight is 367 g/mol. The van der Waals surface area contributed by atoms with Gasteiger partial charge in [-0.05, 0) is 18.4 Å². The number of rotatable bonds is 1. The van der Waals surface area contributed by atoms with Crippen LogP contribution in [-0.2, 0) is 14.4 Å². The van der Waals surface area contributed by atoms with Gasteiger partial charge in [0.1, 0.15) is 0 Å². The van der Waals surface area contributed by atoms with Gasteiger partial charge in [0.05, 0.1) is 35.9 Å². The lowest BCUT2D eigenvalue weighted by Gasteiger charge is -2.44. The molecule has 4 rings (SSSR count). The lowest BCUT2D eigenvalue weighted by Crippen LogP contribution is -2.55. The molecule has 0 radical (unpaired) electrons. The summed E-state index contributed by atoms with van der Waals surface area (Å²) < 4.78 is 0. The third-order valence-electron chi connectivity index (χ3n) is 6.02. The van der Waals surface area contributed by atoms with Crippen LogP contribution in [0.15, 0.2) is 41.6 Å². The van der Waals surface area contributed by atoms with Gasteiger partial charge in [0, 0.05) is 13.8 Å². The zero-order valence-electron chi connectivity index (χ0n) is 15.8. The van der Waals surface area contributed by atoms with Gasteiger partial charge in [-0.25, -0.2) is 0 Å². The van der Waals surface area contributed by atoms with Gasteiger partial charge in [-0.2, -0.15) is 0 Å². The molecule has 1 fully saturated rings. The van der Waals surface area contributed by atoms with Crippen LogP contribution >= 0.6 is 0 Å². The highest BCUT2D eigenvalue weighted by molar-refractivity contribution is 6.00. The van der Waals surface area contributed by atoms with Crippen molar-refractivity contribution in [1.29, 1.82) is 0 Å². The van der Waals surface area contributed by atoms with Crippen molar-refractivity contribution in [2.75, 3.05) is 6.54 Å². The Bertz CT molecular complexity index is 817. The van der Waals surface area contributed by atoms with Crippen LogP contribution in [-0.4, -0.2) is 46.1 Å². The molecule has 1 aromatic carbocycles. The molecule has 0 aromatic heterocycles. The molecule has 27 heavy (non-hydrogen) atoms. The van der Waals surface area contributed by atoms with Gasteiger partial charge in [0.15, 0.2) is 0 Å². The highest BCUT2D eigenvalue weighted by Crippen LogP contribution is 2.43. The third-order valence-corrected chi connectivity index (χ3v) is 6.02. The van der Waals surface area contributed by atoms with E-state index < -0.39 is 6.04 Å². The Labute approximate surface area is 159 Å².